The number of hydrogen-bond donors (Lipinski definition) is 2. The normalized spacial score (nSPS) is 34.2. The summed E-state index contributed by atoms with van der Waals surface area (Å²) in [4.78, 5) is 18.5. The monoisotopic (exact) mass is 625 g/mol. The Morgan fingerprint density at radius 2 is 1.93 bits per heavy atom. The zero-order valence-corrected chi connectivity index (χ0v) is 27.1. The summed E-state index contributed by atoms with van der Waals surface area (Å²) >= 11 is 3.02. The van der Waals surface area contributed by atoms with Gasteiger partial charge in [-0.15, -0.1) is 11.3 Å². The summed E-state index contributed by atoms with van der Waals surface area (Å²) in [5, 5.41) is 29.0. The van der Waals surface area contributed by atoms with Crippen LogP contribution in [0.2, 0.25) is 0 Å². The van der Waals surface area contributed by atoms with Crippen LogP contribution >= 0.6 is 23.1 Å². The number of para-hydroxylation sites is 2. The van der Waals surface area contributed by atoms with Gasteiger partial charge in [-0.05, 0) is 104 Å². The zero-order chi connectivity index (χ0) is 30.4. The van der Waals surface area contributed by atoms with Gasteiger partial charge in [0.15, 0.2) is 10.1 Å². The highest BCUT2D eigenvalue weighted by atomic mass is 32.2. The van der Waals surface area contributed by atoms with E-state index in [2.05, 4.69) is 60.8 Å². The minimum Gasteiger partial charge on any atom is -0.393 e. The van der Waals surface area contributed by atoms with E-state index in [1.807, 2.05) is 30.5 Å². The fourth-order valence-electron chi connectivity index (χ4n) is 9.80. The number of thiazole rings is 1. The number of aliphatic hydroxyl groups excluding tert-OH is 1. The second-order valence-corrected chi connectivity index (χ2v) is 16.4. The van der Waals surface area contributed by atoms with Crippen LogP contribution < -0.4 is 0 Å². The fourth-order valence-corrected chi connectivity index (χ4v) is 11.8. The maximum atomic E-state index is 13.9. The van der Waals surface area contributed by atoms with Crippen LogP contribution in [-0.4, -0.2) is 48.2 Å². The second kappa shape index (κ2) is 10.1. The number of Topliss-reactive ketones (excluding diaryl/α,β-unsaturated/α-hetero) is 1. The van der Waals surface area contributed by atoms with E-state index in [0.717, 1.165) is 51.6 Å². The molecule has 8 heteroatoms. The van der Waals surface area contributed by atoms with Crippen LogP contribution in [0.1, 0.15) is 62.8 Å². The van der Waals surface area contributed by atoms with E-state index >= 15 is 0 Å². The first-order valence-corrected chi connectivity index (χ1v) is 17.7. The lowest BCUT2D eigenvalue weighted by Crippen LogP contribution is -2.62. The number of carbonyl (C=O) groups is 1. The number of nitrogens with zero attached hydrogens (tertiary/aromatic N) is 3. The number of aromatic nitrogens is 3. The molecule has 44 heavy (non-hydrogen) atoms. The van der Waals surface area contributed by atoms with Crippen molar-refractivity contribution in [2.24, 2.45) is 28.6 Å². The molecule has 4 aliphatic rings. The van der Waals surface area contributed by atoms with Crippen molar-refractivity contribution >= 4 is 45.2 Å². The van der Waals surface area contributed by atoms with Crippen LogP contribution in [-0.2, 0) is 11.2 Å². The van der Waals surface area contributed by atoms with E-state index in [1.165, 1.54) is 28.5 Å². The van der Waals surface area contributed by atoms with Gasteiger partial charge in [0.25, 0.3) is 0 Å². The van der Waals surface area contributed by atoms with E-state index in [9.17, 15) is 15.0 Å². The SMILES string of the molecule is Cc1ccccc1-n1ncc2c1C=C1CCC3C(C(O)CC4(C)C3CCC4(O)C(=O)CSc3nc4ccccc4s3)C1(C)C2. The predicted octanol–water partition coefficient (Wildman–Crippen LogP) is 7.04. The van der Waals surface area contributed by atoms with Crippen LogP contribution in [0, 0.1) is 35.5 Å². The Labute approximate surface area is 266 Å². The molecule has 0 radical (unpaired) electrons. The lowest BCUT2D eigenvalue weighted by molar-refractivity contribution is -0.177. The molecule has 7 atom stereocenters. The number of aliphatic hydroxyl groups is 2. The molecular weight excluding hydrogens is 587 g/mol. The van der Waals surface area contributed by atoms with Crippen molar-refractivity contribution in [1.29, 1.82) is 0 Å². The number of carbonyl (C=O) groups excluding carboxylic acids is 1. The number of benzene rings is 2. The highest BCUT2D eigenvalue weighted by Crippen LogP contribution is 2.67. The van der Waals surface area contributed by atoms with Crippen molar-refractivity contribution < 1.29 is 15.0 Å². The summed E-state index contributed by atoms with van der Waals surface area (Å²) in [5.41, 5.74) is 4.77. The molecule has 0 spiro atoms. The molecule has 2 heterocycles. The van der Waals surface area contributed by atoms with Gasteiger partial charge in [-0.3, -0.25) is 4.79 Å². The third kappa shape index (κ3) is 4.03. The minimum atomic E-state index is -1.43. The van der Waals surface area contributed by atoms with Crippen LogP contribution in [0.3, 0.4) is 0 Å². The standard InChI is InChI=1S/C36H39N3O3S2/c1-21-8-4-6-10-27(21)39-28-16-23-12-13-24-25-14-15-36(42,31(41)20-43-33-38-26-9-5-7-11-30(26)44-33)35(25,3)18-29(40)32(24)34(23,2)17-22(28)19-37-39/h4-11,16,19,24-25,29,32,40,42H,12-15,17-18,20H2,1-3H3. The first kappa shape index (κ1) is 28.7. The van der Waals surface area contributed by atoms with Gasteiger partial charge in [0.2, 0.25) is 0 Å². The molecule has 2 aromatic heterocycles. The van der Waals surface area contributed by atoms with Crippen molar-refractivity contribution in [3.63, 3.8) is 0 Å². The highest BCUT2D eigenvalue weighted by Gasteiger charge is 2.68. The highest BCUT2D eigenvalue weighted by molar-refractivity contribution is 8.01. The quantitative estimate of drug-likeness (QED) is 0.232. The number of allylic oxidation sites excluding steroid dienone is 1. The number of rotatable bonds is 5. The molecule has 0 bridgehead atoms. The Morgan fingerprint density at radius 1 is 1.14 bits per heavy atom. The summed E-state index contributed by atoms with van der Waals surface area (Å²) in [6.07, 6.45) is 8.31. The lowest BCUT2D eigenvalue weighted by atomic mass is 9.45. The van der Waals surface area contributed by atoms with Crippen LogP contribution in [0.15, 0.2) is 64.6 Å². The number of aryl methyl sites for hydroxylation is 1. The molecule has 0 amide bonds. The van der Waals surface area contributed by atoms with Gasteiger partial charge in [-0.1, -0.05) is 61.5 Å². The van der Waals surface area contributed by atoms with Gasteiger partial charge in [0.1, 0.15) is 5.60 Å². The van der Waals surface area contributed by atoms with Crippen molar-refractivity contribution in [3.05, 3.63) is 77.1 Å². The number of hydrogen-bond acceptors (Lipinski definition) is 7. The first-order valence-electron chi connectivity index (χ1n) is 15.9. The smallest absolute Gasteiger partial charge is 0.175 e. The molecule has 0 saturated heterocycles. The molecule has 3 fully saturated rings. The van der Waals surface area contributed by atoms with Gasteiger partial charge in [0, 0.05) is 5.41 Å². The first-order chi connectivity index (χ1) is 21.1. The average molecular weight is 626 g/mol. The Hall–Kier alpha value is -2.78. The van der Waals surface area contributed by atoms with Crippen molar-refractivity contribution in [2.75, 3.05) is 5.75 Å². The molecule has 2 aromatic carbocycles. The van der Waals surface area contributed by atoms with Crippen molar-refractivity contribution in [1.82, 2.24) is 14.8 Å². The molecule has 7 unspecified atom stereocenters. The Kier molecular flexibility index (Phi) is 6.59. The molecule has 6 nitrogen and oxygen atoms in total. The molecular formula is C36H39N3O3S2. The van der Waals surface area contributed by atoms with Gasteiger partial charge >= 0.3 is 0 Å². The molecule has 0 aliphatic heterocycles. The molecule has 2 N–H and O–H groups in total. The predicted molar refractivity (Wildman–Crippen MR) is 176 cm³/mol. The topological polar surface area (TPSA) is 88.2 Å². The average Bonchev–Trinajstić information content (AvgIpc) is 3.68. The van der Waals surface area contributed by atoms with Crippen molar-refractivity contribution in [2.45, 2.75) is 75.3 Å². The Balaban J connectivity index is 1.06. The lowest BCUT2D eigenvalue weighted by Gasteiger charge is -2.60. The van der Waals surface area contributed by atoms with E-state index in [1.54, 1.807) is 11.3 Å². The maximum Gasteiger partial charge on any atom is 0.175 e. The Bertz CT molecular complexity index is 1790. The third-order valence-electron chi connectivity index (χ3n) is 12.0. The van der Waals surface area contributed by atoms with E-state index < -0.39 is 17.1 Å². The molecule has 3 saturated carbocycles. The van der Waals surface area contributed by atoms with Gasteiger partial charge in [-0.2, -0.15) is 5.10 Å². The van der Waals surface area contributed by atoms with Crippen molar-refractivity contribution in [3.8, 4) is 5.69 Å². The van der Waals surface area contributed by atoms with Gasteiger partial charge in [0.05, 0.1) is 39.7 Å². The third-order valence-corrected chi connectivity index (χ3v) is 14.2. The largest absolute Gasteiger partial charge is 0.393 e. The summed E-state index contributed by atoms with van der Waals surface area (Å²) < 4.78 is 4.04. The Morgan fingerprint density at radius 3 is 2.75 bits per heavy atom. The minimum absolute atomic E-state index is 0.0881. The molecule has 228 valence electrons. The maximum absolute atomic E-state index is 13.9. The van der Waals surface area contributed by atoms with Gasteiger partial charge < -0.3 is 10.2 Å². The van der Waals surface area contributed by atoms with Crippen LogP contribution in [0.5, 0.6) is 0 Å². The summed E-state index contributed by atoms with van der Waals surface area (Å²) in [6, 6.07) is 16.4. The fraction of sp³-hybridized carbons (Fsp3) is 0.472. The number of ketones is 1. The second-order valence-electron chi connectivity index (χ2n) is 14.1. The summed E-state index contributed by atoms with van der Waals surface area (Å²) in [6.45, 7) is 6.55. The zero-order valence-electron chi connectivity index (χ0n) is 25.5. The molecule has 8 rings (SSSR count). The van der Waals surface area contributed by atoms with E-state index in [-0.39, 0.29) is 34.7 Å². The number of fused-ring (bicyclic) bond motifs is 7. The van der Waals surface area contributed by atoms with E-state index in [4.69, 9.17) is 5.10 Å². The molecule has 4 aromatic rings. The summed E-state index contributed by atoms with van der Waals surface area (Å²) in [5.74, 6) is 0.626. The molecule has 4 aliphatic carbocycles. The van der Waals surface area contributed by atoms with Crippen LogP contribution in [0.25, 0.3) is 22.0 Å². The van der Waals surface area contributed by atoms with E-state index in [0.29, 0.717) is 12.8 Å². The van der Waals surface area contributed by atoms with Gasteiger partial charge in [-0.25, -0.2) is 9.67 Å². The van der Waals surface area contributed by atoms with Crippen LogP contribution in [0.4, 0.5) is 0 Å². The summed E-state index contributed by atoms with van der Waals surface area (Å²) in [7, 11) is 0. The number of thioether (sulfide) groups is 1.